The predicted molar refractivity (Wildman–Crippen MR) is 113 cm³/mol. The summed E-state index contributed by atoms with van der Waals surface area (Å²) in [5.41, 5.74) is 1.28. The van der Waals surface area contributed by atoms with Gasteiger partial charge in [0.1, 0.15) is 6.10 Å². The first-order valence-electron chi connectivity index (χ1n) is 11.2. The third-order valence-electron chi connectivity index (χ3n) is 6.73. The average Bonchev–Trinajstić information content (AvgIpc) is 2.66. The maximum Gasteiger partial charge on any atom is 0.308 e. The van der Waals surface area contributed by atoms with Crippen LogP contribution in [0.1, 0.15) is 73.1 Å². The highest BCUT2D eigenvalue weighted by Crippen LogP contribution is 2.45. The topological polar surface area (TPSA) is 66.8 Å². The van der Waals surface area contributed by atoms with Gasteiger partial charge in [-0.25, -0.2) is 0 Å². The number of rotatable bonds is 9. The molecule has 0 aromatic heterocycles. The highest BCUT2D eigenvalue weighted by Gasteiger charge is 2.41. The average molecular weight is 393 g/mol. The molecule has 4 heteroatoms. The van der Waals surface area contributed by atoms with E-state index in [1.54, 1.807) is 0 Å². The SMILES string of the molecule is CC[C@H](O)C[C@@H](O)CC[C@@H]1[C@@H]2C(=C[C@H](C)C[C@@H]2OC(=O)[C@@H](C)CC)C=C[C@@H]1C. The molecule has 0 fully saturated rings. The molecule has 2 N–H and O–H groups in total. The molecule has 2 aliphatic rings. The number of aliphatic hydroxyl groups is 2. The summed E-state index contributed by atoms with van der Waals surface area (Å²) in [4.78, 5) is 12.5. The summed E-state index contributed by atoms with van der Waals surface area (Å²) >= 11 is 0. The van der Waals surface area contributed by atoms with Crippen LogP contribution in [0.4, 0.5) is 0 Å². The maximum absolute atomic E-state index is 12.5. The van der Waals surface area contributed by atoms with E-state index in [1.807, 2.05) is 20.8 Å². The van der Waals surface area contributed by atoms with Gasteiger partial charge in [-0.15, -0.1) is 0 Å². The molecule has 2 aliphatic carbocycles. The predicted octanol–water partition coefficient (Wildman–Crippen LogP) is 4.65. The zero-order chi connectivity index (χ0) is 20.8. The Morgan fingerprint density at radius 3 is 2.57 bits per heavy atom. The number of carbonyl (C=O) groups excluding carboxylic acids is 1. The van der Waals surface area contributed by atoms with Crippen LogP contribution >= 0.6 is 0 Å². The Hall–Kier alpha value is -1.13. The second-order valence-electron chi connectivity index (χ2n) is 9.10. The molecular formula is C24H40O4. The number of hydrogen-bond acceptors (Lipinski definition) is 4. The molecule has 0 heterocycles. The molecule has 160 valence electrons. The fourth-order valence-electron chi connectivity index (χ4n) is 4.64. The molecule has 0 amide bonds. The highest BCUT2D eigenvalue weighted by atomic mass is 16.5. The van der Waals surface area contributed by atoms with Gasteiger partial charge in [-0.3, -0.25) is 4.79 Å². The van der Waals surface area contributed by atoms with E-state index in [1.165, 1.54) is 5.57 Å². The molecule has 0 saturated carbocycles. The molecule has 4 nitrogen and oxygen atoms in total. The second-order valence-corrected chi connectivity index (χ2v) is 9.10. The van der Waals surface area contributed by atoms with Crippen LogP contribution in [-0.4, -0.2) is 34.5 Å². The lowest BCUT2D eigenvalue weighted by Gasteiger charge is -2.43. The van der Waals surface area contributed by atoms with Crippen LogP contribution < -0.4 is 0 Å². The van der Waals surface area contributed by atoms with Crippen LogP contribution in [0.2, 0.25) is 0 Å². The molecule has 0 bridgehead atoms. The molecule has 0 aromatic rings. The summed E-state index contributed by atoms with van der Waals surface area (Å²) < 4.78 is 6.04. The van der Waals surface area contributed by atoms with Gasteiger partial charge in [0.25, 0.3) is 0 Å². The van der Waals surface area contributed by atoms with Crippen molar-refractivity contribution in [2.24, 2.45) is 29.6 Å². The van der Waals surface area contributed by atoms with E-state index in [-0.39, 0.29) is 23.9 Å². The minimum absolute atomic E-state index is 0.0722. The number of fused-ring (bicyclic) bond motifs is 1. The minimum atomic E-state index is -0.482. The van der Waals surface area contributed by atoms with Crippen molar-refractivity contribution in [1.82, 2.24) is 0 Å². The Morgan fingerprint density at radius 2 is 1.93 bits per heavy atom. The van der Waals surface area contributed by atoms with Crippen LogP contribution in [-0.2, 0) is 9.53 Å². The largest absolute Gasteiger partial charge is 0.461 e. The van der Waals surface area contributed by atoms with Crippen LogP contribution in [0, 0.1) is 29.6 Å². The lowest BCUT2D eigenvalue weighted by atomic mass is 9.65. The Balaban J connectivity index is 2.13. The Morgan fingerprint density at radius 1 is 1.21 bits per heavy atom. The lowest BCUT2D eigenvalue weighted by molar-refractivity contribution is -0.158. The van der Waals surface area contributed by atoms with Crippen molar-refractivity contribution in [3.63, 3.8) is 0 Å². The molecule has 8 atom stereocenters. The van der Waals surface area contributed by atoms with Gasteiger partial charge in [-0.2, -0.15) is 0 Å². The fourth-order valence-corrected chi connectivity index (χ4v) is 4.64. The van der Waals surface area contributed by atoms with Gasteiger partial charge >= 0.3 is 5.97 Å². The Kier molecular flexibility index (Phi) is 8.76. The van der Waals surface area contributed by atoms with Crippen molar-refractivity contribution in [1.29, 1.82) is 0 Å². The fraction of sp³-hybridized carbons (Fsp3) is 0.792. The van der Waals surface area contributed by atoms with Crippen LogP contribution in [0.3, 0.4) is 0 Å². The van der Waals surface area contributed by atoms with Gasteiger partial charge < -0.3 is 14.9 Å². The maximum atomic E-state index is 12.5. The summed E-state index contributed by atoms with van der Waals surface area (Å²) in [6, 6.07) is 0. The van der Waals surface area contributed by atoms with Gasteiger partial charge in [0.05, 0.1) is 18.1 Å². The van der Waals surface area contributed by atoms with E-state index < -0.39 is 12.2 Å². The standard InChI is InChI=1S/C24H40O4/c1-6-16(4)24(27)28-22-13-15(3)12-18-9-8-17(5)21(23(18)22)11-10-20(26)14-19(25)7-2/h8-9,12,15-17,19-23,25-26H,6-7,10-11,13-14H2,1-5H3/t15-,16-,17-,19-,20-,21-,22-,23-/m0/s1. The van der Waals surface area contributed by atoms with E-state index in [9.17, 15) is 15.0 Å². The first-order valence-corrected chi connectivity index (χ1v) is 11.2. The quantitative estimate of drug-likeness (QED) is 0.561. The van der Waals surface area contributed by atoms with E-state index in [0.717, 1.165) is 19.3 Å². The number of aliphatic hydroxyl groups excluding tert-OH is 2. The number of hydrogen-bond donors (Lipinski definition) is 2. The second kappa shape index (κ2) is 10.6. The molecule has 0 aromatic carbocycles. The highest BCUT2D eigenvalue weighted by molar-refractivity contribution is 5.72. The molecule has 2 rings (SSSR count). The van der Waals surface area contributed by atoms with E-state index in [2.05, 4.69) is 32.1 Å². The molecule has 28 heavy (non-hydrogen) atoms. The van der Waals surface area contributed by atoms with Gasteiger partial charge in [0.2, 0.25) is 0 Å². The summed E-state index contributed by atoms with van der Waals surface area (Å²) in [7, 11) is 0. The molecule has 0 radical (unpaired) electrons. The van der Waals surface area contributed by atoms with Gasteiger partial charge in [-0.1, -0.05) is 52.8 Å². The summed E-state index contributed by atoms with van der Waals surface area (Å²) in [6.45, 7) is 10.3. The first-order chi connectivity index (χ1) is 13.3. The first kappa shape index (κ1) is 23.2. The van der Waals surface area contributed by atoms with E-state index in [4.69, 9.17) is 4.74 Å². The molecule has 0 unspecified atom stereocenters. The van der Waals surface area contributed by atoms with Crippen LogP contribution in [0.25, 0.3) is 0 Å². The summed E-state index contributed by atoms with van der Waals surface area (Å²) in [6.07, 6.45) is 10.1. The van der Waals surface area contributed by atoms with Crippen molar-refractivity contribution in [2.45, 2.75) is 91.5 Å². The van der Waals surface area contributed by atoms with Gasteiger partial charge in [-0.05, 0) is 61.9 Å². The summed E-state index contributed by atoms with van der Waals surface area (Å²) in [5, 5.41) is 20.2. The van der Waals surface area contributed by atoms with Crippen molar-refractivity contribution in [2.75, 3.05) is 0 Å². The molecule has 0 spiro atoms. The summed E-state index contributed by atoms with van der Waals surface area (Å²) in [5.74, 6) is 1.15. The van der Waals surface area contributed by atoms with Crippen molar-refractivity contribution in [3.05, 3.63) is 23.8 Å². The molecular weight excluding hydrogens is 352 g/mol. The minimum Gasteiger partial charge on any atom is -0.461 e. The molecule has 0 saturated heterocycles. The zero-order valence-corrected chi connectivity index (χ0v) is 18.3. The number of esters is 1. The number of ether oxygens (including phenoxy) is 1. The van der Waals surface area contributed by atoms with Crippen molar-refractivity contribution < 1.29 is 19.7 Å². The van der Waals surface area contributed by atoms with Crippen molar-refractivity contribution >= 4 is 5.97 Å². The van der Waals surface area contributed by atoms with E-state index >= 15 is 0 Å². The van der Waals surface area contributed by atoms with Crippen molar-refractivity contribution in [3.8, 4) is 0 Å². The third kappa shape index (κ3) is 5.93. The van der Waals surface area contributed by atoms with E-state index in [0.29, 0.717) is 37.0 Å². The Bertz CT molecular complexity index is 567. The van der Waals surface area contributed by atoms with Gasteiger partial charge in [0.15, 0.2) is 0 Å². The Labute approximate surface area is 171 Å². The molecule has 0 aliphatic heterocycles. The van der Waals surface area contributed by atoms with Crippen LogP contribution in [0.5, 0.6) is 0 Å². The number of carbonyl (C=O) groups is 1. The number of allylic oxidation sites excluding steroid dienone is 3. The lowest BCUT2D eigenvalue weighted by Crippen LogP contribution is -2.41. The third-order valence-corrected chi connectivity index (χ3v) is 6.73. The normalized spacial score (nSPS) is 32.8. The monoisotopic (exact) mass is 392 g/mol. The van der Waals surface area contributed by atoms with Crippen LogP contribution in [0.15, 0.2) is 23.8 Å². The smallest absolute Gasteiger partial charge is 0.308 e. The van der Waals surface area contributed by atoms with Gasteiger partial charge in [0, 0.05) is 5.92 Å². The zero-order valence-electron chi connectivity index (χ0n) is 18.3.